The van der Waals surface area contributed by atoms with Crippen molar-refractivity contribution in [2.24, 2.45) is 0 Å². The maximum Gasteiger partial charge on any atom is 0.280 e. The van der Waals surface area contributed by atoms with Crippen LogP contribution in [0.25, 0.3) is 16.6 Å². The van der Waals surface area contributed by atoms with Gasteiger partial charge in [-0.1, -0.05) is 0 Å². The maximum absolute atomic E-state index is 13.6. The molecule has 0 aliphatic rings. The summed E-state index contributed by atoms with van der Waals surface area (Å²) >= 11 is 0. The van der Waals surface area contributed by atoms with E-state index in [9.17, 15) is 9.18 Å². The highest BCUT2D eigenvalue weighted by atomic mass is 19.1. The summed E-state index contributed by atoms with van der Waals surface area (Å²) in [6.45, 7) is 5.81. The molecular weight excluding hydrogens is 527 g/mol. The third kappa shape index (κ3) is 5.62. The van der Waals surface area contributed by atoms with Crippen LogP contribution in [-0.2, 0) is 0 Å². The molecular formula is C31H29FN4O5. The zero-order valence-corrected chi connectivity index (χ0v) is 23.3. The van der Waals surface area contributed by atoms with E-state index in [1.54, 1.807) is 63.9 Å². The molecule has 2 heterocycles. The Hall–Kier alpha value is -5.12. The van der Waals surface area contributed by atoms with Crippen molar-refractivity contribution in [3.63, 3.8) is 0 Å². The van der Waals surface area contributed by atoms with Crippen LogP contribution < -0.4 is 24.3 Å². The van der Waals surface area contributed by atoms with Crippen molar-refractivity contribution >= 4 is 22.5 Å². The number of amides is 1. The smallest absolute Gasteiger partial charge is 0.280 e. The van der Waals surface area contributed by atoms with Crippen molar-refractivity contribution < 1.29 is 28.1 Å². The number of nitrogens with one attached hydrogen (secondary N) is 1. The van der Waals surface area contributed by atoms with Crippen molar-refractivity contribution in [2.45, 2.75) is 20.8 Å². The average Bonchev–Trinajstić information content (AvgIpc) is 3.37. The van der Waals surface area contributed by atoms with Crippen molar-refractivity contribution in [3.05, 3.63) is 89.6 Å². The van der Waals surface area contributed by atoms with Gasteiger partial charge in [-0.15, -0.1) is 0 Å². The molecule has 2 aromatic heterocycles. The summed E-state index contributed by atoms with van der Waals surface area (Å²) in [7, 11) is 3.14. The van der Waals surface area contributed by atoms with E-state index in [1.807, 2.05) is 26.0 Å². The van der Waals surface area contributed by atoms with Gasteiger partial charge in [0.25, 0.3) is 5.91 Å². The fourth-order valence-electron chi connectivity index (χ4n) is 4.46. The first-order chi connectivity index (χ1) is 19.8. The van der Waals surface area contributed by atoms with Gasteiger partial charge in [0.1, 0.15) is 17.3 Å². The predicted octanol–water partition coefficient (Wildman–Crippen LogP) is 6.64. The number of ether oxygens (including phenoxy) is 4. The molecule has 1 N–H and O–H groups in total. The Balaban J connectivity index is 1.39. The number of hydrogen-bond acceptors (Lipinski definition) is 7. The highest BCUT2D eigenvalue weighted by molar-refractivity contribution is 6.05. The predicted molar refractivity (Wildman–Crippen MR) is 153 cm³/mol. The number of nitrogens with zero attached hydrogens (tertiary/aromatic N) is 3. The number of aryl methyl sites for hydroxylation is 2. The Morgan fingerprint density at radius 1 is 0.927 bits per heavy atom. The number of pyridine rings is 1. The Kier molecular flexibility index (Phi) is 7.73. The number of halogens is 1. The van der Waals surface area contributed by atoms with E-state index in [0.717, 1.165) is 10.9 Å². The quantitative estimate of drug-likeness (QED) is 0.217. The van der Waals surface area contributed by atoms with Gasteiger partial charge >= 0.3 is 0 Å². The Morgan fingerprint density at radius 2 is 1.71 bits per heavy atom. The summed E-state index contributed by atoms with van der Waals surface area (Å²) in [6.07, 6.45) is 3.28. The number of aromatic nitrogens is 3. The topological polar surface area (TPSA) is 96.7 Å². The van der Waals surface area contributed by atoms with E-state index in [4.69, 9.17) is 18.9 Å². The van der Waals surface area contributed by atoms with Crippen LogP contribution in [0.15, 0.2) is 67.0 Å². The van der Waals surface area contributed by atoms with E-state index in [2.05, 4.69) is 15.4 Å². The molecule has 1 amide bonds. The Morgan fingerprint density at radius 3 is 2.41 bits per heavy atom. The van der Waals surface area contributed by atoms with E-state index in [0.29, 0.717) is 57.8 Å². The van der Waals surface area contributed by atoms with Crippen LogP contribution >= 0.6 is 0 Å². The molecule has 210 valence electrons. The molecule has 5 rings (SSSR count). The molecule has 0 unspecified atom stereocenters. The highest BCUT2D eigenvalue weighted by Crippen LogP contribution is 2.37. The van der Waals surface area contributed by atoms with E-state index < -0.39 is 5.91 Å². The molecule has 0 bridgehead atoms. The second-order valence-electron chi connectivity index (χ2n) is 9.22. The van der Waals surface area contributed by atoms with Gasteiger partial charge in [0.05, 0.1) is 38.2 Å². The first-order valence-electron chi connectivity index (χ1n) is 12.9. The van der Waals surface area contributed by atoms with Crippen molar-refractivity contribution in [3.8, 4) is 34.4 Å². The minimum absolute atomic E-state index is 0.114. The number of hydrogen-bond donors (Lipinski definition) is 1. The summed E-state index contributed by atoms with van der Waals surface area (Å²) in [6, 6.07) is 15.1. The van der Waals surface area contributed by atoms with Gasteiger partial charge in [0, 0.05) is 23.3 Å². The molecule has 0 atom stereocenters. The number of benzene rings is 3. The zero-order valence-electron chi connectivity index (χ0n) is 23.3. The third-order valence-corrected chi connectivity index (χ3v) is 6.48. The fourth-order valence-corrected chi connectivity index (χ4v) is 4.46. The van der Waals surface area contributed by atoms with Gasteiger partial charge in [-0.05, 0) is 80.4 Å². The van der Waals surface area contributed by atoms with E-state index in [1.165, 1.54) is 16.8 Å². The first kappa shape index (κ1) is 27.4. The minimum Gasteiger partial charge on any atom is -0.493 e. The maximum atomic E-state index is 13.6. The lowest BCUT2D eigenvalue weighted by Gasteiger charge is -2.14. The van der Waals surface area contributed by atoms with Gasteiger partial charge in [-0.25, -0.2) is 9.07 Å². The third-order valence-electron chi connectivity index (χ3n) is 6.48. The van der Waals surface area contributed by atoms with Crippen LogP contribution in [0.1, 0.15) is 28.5 Å². The molecule has 0 saturated carbocycles. The van der Waals surface area contributed by atoms with Gasteiger partial charge in [0.2, 0.25) is 0 Å². The summed E-state index contributed by atoms with van der Waals surface area (Å²) in [4.78, 5) is 17.7. The van der Waals surface area contributed by atoms with Crippen molar-refractivity contribution in [2.75, 3.05) is 26.1 Å². The standard InChI is InChI=1S/C31H29FN4O5/c1-6-40-29-17-36(25-10-7-20(32)13-19(25)3)35-30(29)31(37)34-23-9-8-21(14-18(23)2)41-26-11-12-33-24-16-28(39-5)27(38-4)15-22(24)26/h7-17H,6H2,1-5H3,(H,34,37). The normalized spacial score (nSPS) is 10.9. The minimum atomic E-state index is -0.440. The lowest BCUT2D eigenvalue weighted by atomic mass is 10.1. The first-order valence-corrected chi connectivity index (χ1v) is 12.9. The van der Waals surface area contributed by atoms with Gasteiger partial charge in [0.15, 0.2) is 22.9 Å². The fraction of sp³-hybridized carbons (Fsp3) is 0.194. The van der Waals surface area contributed by atoms with Crippen LogP contribution in [0.3, 0.4) is 0 Å². The molecule has 0 aliphatic heterocycles. The van der Waals surface area contributed by atoms with Gasteiger partial charge < -0.3 is 24.3 Å². The molecule has 5 aromatic rings. The van der Waals surface area contributed by atoms with E-state index >= 15 is 0 Å². The SMILES string of the molecule is CCOc1cn(-c2ccc(F)cc2C)nc1C(=O)Nc1ccc(Oc2ccnc3cc(OC)c(OC)cc23)cc1C. The van der Waals surface area contributed by atoms with Crippen LogP contribution in [0.4, 0.5) is 10.1 Å². The lowest BCUT2D eigenvalue weighted by Crippen LogP contribution is -2.15. The molecule has 0 saturated heterocycles. The molecule has 9 nitrogen and oxygen atoms in total. The second-order valence-corrected chi connectivity index (χ2v) is 9.22. The number of anilines is 1. The zero-order chi connectivity index (χ0) is 29.1. The highest BCUT2D eigenvalue weighted by Gasteiger charge is 2.21. The monoisotopic (exact) mass is 556 g/mol. The summed E-state index contributed by atoms with van der Waals surface area (Å²) in [5.41, 5.74) is 3.49. The van der Waals surface area contributed by atoms with Crippen molar-refractivity contribution in [1.82, 2.24) is 14.8 Å². The summed E-state index contributed by atoms with van der Waals surface area (Å²) in [5.74, 6) is 1.85. The molecule has 0 radical (unpaired) electrons. The number of rotatable bonds is 9. The largest absolute Gasteiger partial charge is 0.493 e. The van der Waals surface area contributed by atoms with Crippen molar-refractivity contribution in [1.29, 1.82) is 0 Å². The van der Waals surface area contributed by atoms with Crippen LogP contribution in [0.5, 0.6) is 28.7 Å². The lowest BCUT2D eigenvalue weighted by molar-refractivity contribution is 0.101. The molecule has 41 heavy (non-hydrogen) atoms. The molecule has 0 aliphatic carbocycles. The van der Waals surface area contributed by atoms with Crippen LogP contribution in [-0.4, -0.2) is 41.5 Å². The van der Waals surface area contributed by atoms with Crippen LogP contribution in [0.2, 0.25) is 0 Å². The number of carbonyl (C=O) groups is 1. The summed E-state index contributed by atoms with van der Waals surface area (Å²) in [5, 5.41) is 8.12. The van der Waals surface area contributed by atoms with E-state index in [-0.39, 0.29) is 11.5 Å². The second kappa shape index (κ2) is 11.5. The average molecular weight is 557 g/mol. The number of carbonyl (C=O) groups excluding carboxylic acids is 1. The van der Waals surface area contributed by atoms with Crippen LogP contribution in [0, 0.1) is 19.7 Å². The number of methoxy groups -OCH3 is 2. The molecule has 0 spiro atoms. The Bertz CT molecular complexity index is 1750. The Labute approximate surface area is 236 Å². The molecule has 3 aromatic carbocycles. The summed E-state index contributed by atoms with van der Waals surface area (Å²) < 4.78 is 37.8. The number of fused-ring (bicyclic) bond motifs is 1. The van der Waals surface area contributed by atoms with Gasteiger partial charge in [-0.2, -0.15) is 5.10 Å². The molecule has 0 fully saturated rings. The van der Waals surface area contributed by atoms with Gasteiger partial charge in [-0.3, -0.25) is 9.78 Å². The molecule has 10 heteroatoms.